The summed E-state index contributed by atoms with van der Waals surface area (Å²) in [6, 6.07) is 9.36. The lowest BCUT2D eigenvalue weighted by atomic mass is 9.96. The molecule has 0 spiro atoms. The minimum atomic E-state index is -3.70. The Kier molecular flexibility index (Phi) is 3.64. The maximum Gasteiger partial charge on any atom is 0.238 e. The van der Waals surface area contributed by atoms with E-state index in [4.69, 9.17) is 5.14 Å². The summed E-state index contributed by atoms with van der Waals surface area (Å²) >= 11 is 0. The number of pyridine rings is 1. The van der Waals surface area contributed by atoms with E-state index in [1.54, 1.807) is 18.2 Å². The van der Waals surface area contributed by atoms with E-state index in [1.165, 1.54) is 24.4 Å². The molecule has 0 atom stereocenters. The number of halogens is 1. The fraction of sp³-hybridized carbons (Fsp3) is 0.0625. The highest BCUT2D eigenvalue weighted by Gasteiger charge is 2.15. The van der Waals surface area contributed by atoms with Crippen LogP contribution in [0.5, 0.6) is 0 Å². The average Bonchev–Trinajstić information content (AvgIpc) is 2.97. The Morgan fingerprint density at radius 3 is 2.09 bits per heavy atom. The van der Waals surface area contributed by atoms with Gasteiger partial charge in [0.05, 0.1) is 4.90 Å². The Labute approximate surface area is 127 Å². The molecule has 0 fully saturated rings. The molecule has 6 heteroatoms. The number of nitrogens with zero attached hydrogens (tertiary/aromatic N) is 1. The summed E-state index contributed by atoms with van der Waals surface area (Å²) in [6.07, 6.45) is 6.31. The Bertz CT molecular complexity index is 867. The van der Waals surface area contributed by atoms with Crippen molar-refractivity contribution >= 4 is 21.2 Å². The van der Waals surface area contributed by atoms with E-state index >= 15 is 0 Å². The molecule has 112 valence electrons. The van der Waals surface area contributed by atoms with E-state index in [0.717, 1.165) is 28.7 Å². The fourth-order valence-corrected chi connectivity index (χ4v) is 2.94. The van der Waals surface area contributed by atoms with Crippen LogP contribution in [0.1, 0.15) is 17.5 Å². The van der Waals surface area contributed by atoms with Crippen LogP contribution < -0.4 is 5.14 Å². The first-order chi connectivity index (χ1) is 10.4. The maximum atomic E-state index is 12.9. The molecular weight excluding hydrogens is 303 g/mol. The van der Waals surface area contributed by atoms with Crippen LogP contribution >= 0.6 is 0 Å². The van der Waals surface area contributed by atoms with Gasteiger partial charge in [-0.3, -0.25) is 0 Å². The normalized spacial score (nSPS) is 14.6. The third kappa shape index (κ3) is 2.84. The molecule has 0 saturated carbocycles. The molecule has 2 aromatic rings. The summed E-state index contributed by atoms with van der Waals surface area (Å²) in [5.41, 5.74) is 3.62. The van der Waals surface area contributed by atoms with Crippen molar-refractivity contribution in [3.63, 3.8) is 0 Å². The van der Waals surface area contributed by atoms with Crippen molar-refractivity contribution in [3.8, 4) is 0 Å². The van der Waals surface area contributed by atoms with Gasteiger partial charge in [0.15, 0.2) is 0 Å². The molecule has 1 aromatic heterocycles. The zero-order valence-electron chi connectivity index (χ0n) is 11.5. The molecule has 0 aliphatic heterocycles. The van der Waals surface area contributed by atoms with E-state index in [1.807, 2.05) is 12.2 Å². The molecule has 0 saturated heterocycles. The van der Waals surface area contributed by atoms with Crippen LogP contribution in [0.15, 0.2) is 59.6 Å². The summed E-state index contributed by atoms with van der Waals surface area (Å²) in [5.74, 6) is -0.523. The van der Waals surface area contributed by atoms with E-state index in [0.29, 0.717) is 0 Å². The molecule has 1 aromatic carbocycles. The van der Waals surface area contributed by atoms with Crippen molar-refractivity contribution in [2.75, 3.05) is 0 Å². The van der Waals surface area contributed by atoms with E-state index in [-0.39, 0.29) is 4.90 Å². The van der Waals surface area contributed by atoms with Gasteiger partial charge in [-0.05, 0) is 47.4 Å². The SMILES string of the molecule is NS(=O)(=O)c1ccc(C2=CCC=C2c2ccc(F)nc2)cc1. The van der Waals surface area contributed by atoms with Gasteiger partial charge in [0.2, 0.25) is 16.0 Å². The number of hydrogen-bond donors (Lipinski definition) is 1. The van der Waals surface area contributed by atoms with Crippen LogP contribution in [0.4, 0.5) is 4.39 Å². The van der Waals surface area contributed by atoms with Gasteiger partial charge in [-0.25, -0.2) is 18.5 Å². The number of allylic oxidation sites excluding steroid dienone is 4. The second-order valence-electron chi connectivity index (χ2n) is 4.91. The van der Waals surface area contributed by atoms with E-state index in [2.05, 4.69) is 4.98 Å². The first kappa shape index (κ1) is 14.6. The average molecular weight is 316 g/mol. The summed E-state index contributed by atoms with van der Waals surface area (Å²) < 4.78 is 35.5. The number of rotatable bonds is 3. The standard InChI is InChI=1S/C16H13FN2O2S/c17-16-9-6-12(10-19-16)15-3-1-2-14(15)11-4-7-13(8-5-11)22(18,20)21/h2-10H,1H2,(H2,18,20,21). The van der Waals surface area contributed by atoms with Gasteiger partial charge in [-0.15, -0.1) is 0 Å². The van der Waals surface area contributed by atoms with Gasteiger partial charge in [0, 0.05) is 11.8 Å². The predicted octanol–water partition coefficient (Wildman–Crippen LogP) is 2.74. The number of sulfonamides is 1. The van der Waals surface area contributed by atoms with Gasteiger partial charge in [-0.1, -0.05) is 24.3 Å². The van der Waals surface area contributed by atoms with Crippen LogP contribution in [-0.2, 0) is 10.0 Å². The molecule has 22 heavy (non-hydrogen) atoms. The van der Waals surface area contributed by atoms with Crippen LogP contribution in [0.3, 0.4) is 0 Å². The van der Waals surface area contributed by atoms with Crippen molar-refractivity contribution in [1.29, 1.82) is 0 Å². The minimum absolute atomic E-state index is 0.0730. The molecule has 2 N–H and O–H groups in total. The molecule has 1 aliphatic rings. The van der Waals surface area contributed by atoms with Crippen molar-refractivity contribution < 1.29 is 12.8 Å². The Morgan fingerprint density at radius 2 is 1.55 bits per heavy atom. The number of aromatic nitrogens is 1. The number of benzene rings is 1. The lowest BCUT2D eigenvalue weighted by Crippen LogP contribution is -2.11. The fourth-order valence-electron chi connectivity index (χ4n) is 2.42. The van der Waals surface area contributed by atoms with Crippen molar-refractivity contribution in [3.05, 3.63) is 71.8 Å². The molecule has 0 amide bonds. The second kappa shape index (κ2) is 5.47. The molecule has 0 bridgehead atoms. The smallest absolute Gasteiger partial charge is 0.228 e. The first-order valence-corrected chi connectivity index (χ1v) is 8.15. The molecule has 0 radical (unpaired) electrons. The van der Waals surface area contributed by atoms with E-state index in [9.17, 15) is 12.8 Å². The minimum Gasteiger partial charge on any atom is -0.228 e. The number of nitrogens with two attached hydrogens (primary N) is 1. The van der Waals surface area contributed by atoms with Crippen molar-refractivity contribution in [2.45, 2.75) is 11.3 Å². The van der Waals surface area contributed by atoms with Gasteiger partial charge in [-0.2, -0.15) is 4.39 Å². The second-order valence-corrected chi connectivity index (χ2v) is 6.47. The van der Waals surface area contributed by atoms with Gasteiger partial charge in [0.25, 0.3) is 0 Å². The van der Waals surface area contributed by atoms with Gasteiger partial charge in [0.1, 0.15) is 0 Å². The third-order valence-corrected chi connectivity index (χ3v) is 4.40. The van der Waals surface area contributed by atoms with Crippen molar-refractivity contribution in [2.24, 2.45) is 5.14 Å². The molecule has 0 unspecified atom stereocenters. The first-order valence-electron chi connectivity index (χ1n) is 6.61. The highest BCUT2D eigenvalue weighted by Crippen LogP contribution is 2.36. The molecule has 3 rings (SSSR count). The quantitative estimate of drug-likeness (QED) is 0.885. The summed E-state index contributed by atoms with van der Waals surface area (Å²) in [4.78, 5) is 3.74. The Hall–Kier alpha value is -2.31. The summed E-state index contributed by atoms with van der Waals surface area (Å²) in [7, 11) is -3.70. The zero-order valence-corrected chi connectivity index (χ0v) is 12.3. The highest BCUT2D eigenvalue weighted by molar-refractivity contribution is 7.89. The third-order valence-electron chi connectivity index (χ3n) is 3.47. The summed E-state index contributed by atoms with van der Waals surface area (Å²) in [5, 5.41) is 5.10. The molecule has 1 heterocycles. The zero-order chi connectivity index (χ0) is 15.7. The Balaban J connectivity index is 1.95. The lowest BCUT2D eigenvalue weighted by Gasteiger charge is -2.10. The van der Waals surface area contributed by atoms with Crippen LogP contribution in [0.25, 0.3) is 11.1 Å². The molecule has 1 aliphatic carbocycles. The summed E-state index contributed by atoms with van der Waals surface area (Å²) in [6.45, 7) is 0. The Morgan fingerprint density at radius 1 is 0.955 bits per heavy atom. The highest BCUT2D eigenvalue weighted by atomic mass is 32.2. The van der Waals surface area contributed by atoms with Crippen LogP contribution in [-0.4, -0.2) is 13.4 Å². The number of hydrogen-bond acceptors (Lipinski definition) is 3. The lowest BCUT2D eigenvalue weighted by molar-refractivity contribution is 0.583. The predicted molar refractivity (Wildman–Crippen MR) is 82.6 cm³/mol. The van der Waals surface area contributed by atoms with Gasteiger partial charge >= 0.3 is 0 Å². The largest absolute Gasteiger partial charge is 0.238 e. The van der Waals surface area contributed by atoms with Crippen molar-refractivity contribution in [1.82, 2.24) is 4.98 Å². The number of primary sulfonamides is 1. The van der Waals surface area contributed by atoms with E-state index < -0.39 is 16.0 Å². The van der Waals surface area contributed by atoms with Crippen LogP contribution in [0, 0.1) is 5.95 Å². The maximum absolute atomic E-state index is 12.9. The molecular formula is C16H13FN2O2S. The monoisotopic (exact) mass is 316 g/mol. The van der Waals surface area contributed by atoms with Crippen LogP contribution in [0.2, 0.25) is 0 Å². The molecule has 4 nitrogen and oxygen atoms in total. The topological polar surface area (TPSA) is 73.1 Å². The van der Waals surface area contributed by atoms with Gasteiger partial charge < -0.3 is 0 Å².